The largest absolute Gasteiger partial charge is 0.466 e. The van der Waals surface area contributed by atoms with Gasteiger partial charge in [-0.1, -0.05) is 29.3 Å². The van der Waals surface area contributed by atoms with Gasteiger partial charge >= 0.3 is 12.1 Å². The van der Waals surface area contributed by atoms with Gasteiger partial charge in [-0.3, -0.25) is 4.79 Å². The quantitative estimate of drug-likeness (QED) is 0.675. The maximum absolute atomic E-state index is 12.5. The second-order valence-corrected chi connectivity index (χ2v) is 8.17. The molecule has 1 aromatic carbocycles. The van der Waals surface area contributed by atoms with Crippen LogP contribution in [0, 0.1) is 5.92 Å². The highest BCUT2D eigenvalue weighted by molar-refractivity contribution is 6.42. The molecule has 0 radical (unpaired) electrons. The van der Waals surface area contributed by atoms with Gasteiger partial charge in [-0.25, -0.2) is 4.79 Å². The van der Waals surface area contributed by atoms with E-state index in [1.54, 1.807) is 24.0 Å². The van der Waals surface area contributed by atoms with E-state index in [1.165, 1.54) is 0 Å². The number of carbonyl (C=O) groups excluding carboxylic acids is 2. The lowest BCUT2D eigenvalue weighted by Gasteiger charge is -2.38. The number of hydrogen-bond donors (Lipinski definition) is 0. The third-order valence-corrected chi connectivity index (χ3v) is 4.96. The van der Waals surface area contributed by atoms with E-state index >= 15 is 0 Å². The molecule has 0 aliphatic carbocycles. The van der Waals surface area contributed by atoms with Crippen LogP contribution in [0.1, 0.15) is 45.6 Å². The zero-order valence-electron chi connectivity index (χ0n) is 15.6. The average Bonchev–Trinajstić information content (AvgIpc) is 2.55. The van der Waals surface area contributed by atoms with Crippen molar-refractivity contribution < 1.29 is 19.1 Å². The first-order valence-corrected chi connectivity index (χ1v) is 9.47. The molecule has 0 saturated carbocycles. The molecule has 2 rings (SSSR count). The van der Waals surface area contributed by atoms with Gasteiger partial charge in [0.1, 0.15) is 5.60 Å². The highest BCUT2D eigenvalue weighted by atomic mass is 35.5. The number of halogens is 2. The number of nitrogens with zero attached hydrogens (tertiary/aromatic N) is 1. The van der Waals surface area contributed by atoms with E-state index in [1.807, 2.05) is 26.8 Å². The van der Waals surface area contributed by atoms with E-state index in [4.69, 9.17) is 32.7 Å². The van der Waals surface area contributed by atoms with Crippen LogP contribution in [-0.2, 0) is 14.3 Å². The lowest BCUT2D eigenvalue weighted by atomic mass is 9.80. The molecular weight excluding hydrogens is 377 g/mol. The van der Waals surface area contributed by atoms with Gasteiger partial charge < -0.3 is 14.4 Å². The predicted molar refractivity (Wildman–Crippen MR) is 102 cm³/mol. The second-order valence-electron chi connectivity index (χ2n) is 7.35. The summed E-state index contributed by atoms with van der Waals surface area (Å²) in [6, 6.07) is 5.37. The predicted octanol–water partition coefficient (Wildman–Crippen LogP) is 4.90. The van der Waals surface area contributed by atoms with Crippen LogP contribution in [0.2, 0.25) is 10.0 Å². The van der Waals surface area contributed by atoms with Crippen molar-refractivity contribution in [2.24, 2.45) is 5.92 Å². The van der Waals surface area contributed by atoms with E-state index in [0.29, 0.717) is 23.0 Å². The van der Waals surface area contributed by atoms with Crippen molar-refractivity contribution >= 4 is 35.3 Å². The lowest BCUT2D eigenvalue weighted by Crippen LogP contribution is -2.47. The van der Waals surface area contributed by atoms with Gasteiger partial charge in [0.15, 0.2) is 0 Å². The van der Waals surface area contributed by atoms with Gasteiger partial charge in [-0.05, 0) is 51.8 Å². The van der Waals surface area contributed by atoms with Gasteiger partial charge in [0.2, 0.25) is 0 Å². The summed E-state index contributed by atoms with van der Waals surface area (Å²) >= 11 is 12.1. The minimum Gasteiger partial charge on any atom is -0.466 e. The fraction of sp³-hybridized carbons (Fsp3) is 0.579. The third-order valence-electron chi connectivity index (χ3n) is 4.23. The summed E-state index contributed by atoms with van der Waals surface area (Å²) in [5.74, 6) is -0.896. The van der Waals surface area contributed by atoms with Crippen molar-refractivity contribution in [3.05, 3.63) is 33.8 Å². The number of piperidine rings is 1. The molecule has 1 amide bonds. The van der Waals surface area contributed by atoms with Crippen molar-refractivity contribution in [3.8, 4) is 0 Å². The Hall–Kier alpha value is -1.46. The van der Waals surface area contributed by atoms with Crippen LogP contribution >= 0.6 is 23.2 Å². The first-order chi connectivity index (χ1) is 12.1. The first-order valence-electron chi connectivity index (χ1n) is 8.72. The monoisotopic (exact) mass is 401 g/mol. The number of amides is 1. The minimum absolute atomic E-state index is 0.0949. The molecule has 144 valence electrons. The summed E-state index contributed by atoms with van der Waals surface area (Å²) < 4.78 is 10.7. The second kappa shape index (κ2) is 8.49. The van der Waals surface area contributed by atoms with E-state index in [2.05, 4.69) is 0 Å². The molecule has 7 heteroatoms. The Morgan fingerprint density at radius 2 is 1.92 bits per heavy atom. The zero-order valence-corrected chi connectivity index (χ0v) is 17.1. The van der Waals surface area contributed by atoms with Gasteiger partial charge in [0.25, 0.3) is 0 Å². The molecular formula is C19H25Cl2NO4. The maximum atomic E-state index is 12.5. The lowest BCUT2D eigenvalue weighted by molar-refractivity contribution is -0.150. The van der Waals surface area contributed by atoms with Crippen molar-refractivity contribution in [2.75, 3.05) is 19.7 Å². The van der Waals surface area contributed by atoms with Crippen LogP contribution in [0.15, 0.2) is 18.2 Å². The molecule has 1 heterocycles. The normalized spacial score (nSPS) is 20.6. The molecule has 0 bridgehead atoms. The summed E-state index contributed by atoms with van der Waals surface area (Å²) in [5.41, 5.74) is 0.332. The molecule has 0 N–H and O–H groups in total. The van der Waals surface area contributed by atoms with Crippen LogP contribution in [0.25, 0.3) is 0 Å². The van der Waals surface area contributed by atoms with Gasteiger partial charge in [-0.15, -0.1) is 0 Å². The van der Waals surface area contributed by atoms with Gasteiger partial charge in [0.05, 0.1) is 22.6 Å². The van der Waals surface area contributed by atoms with Gasteiger partial charge in [0, 0.05) is 19.0 Å². The molecule has 1 fully saturated rings. The first kappa shape index (κ1) is 20.8. The number of carbonyl (C=O) groups is 2. The van der Waals surface area contributed by atoms with Gasteiger partial charge in [-0.2, -0.15) is 0 Å². The Bertz CT molecular complexity index is 672. The van der Waals surface area contributed by atoms with Crippen LogP contribution in [0.5, 0.6) is 0 Å². The molecule has 0 aromatic heterocycles. The standard InChI is InChI=1S/C19H25Cl2NO4/c1-5-25-17(23)14-11-22(18(24)26-19(2,3)4)9-8-13(14)12-6-7-15(20)16(21)10-12/h6-7,10,13-14H,5,8-9,11H2,1-4H3. The topological polar surface area (TPSA) is 55.8 Å². The smallest absolute Gasteiger partial charge is 0.410 e. The SMILES string of the molecule is CCOC(=O)C1CN(C(=O)OC(C)(C)C)CCC1c1ccc(Cl)c(Cl)c1. The van der Waals surface area contributed by atoms with Crippen LogP contribution in [-0.4, -0.2) is 42.3 Å². The molecule has 1 aromatic rings. The van der Waals surface area contributed by atoms with E-state index in [0.717, 1.165) is 5.56 Å². The third kappa shape index (κ3) is 5.27. The Morgan fingerprint density at radius 3 is 2.50 bits per heavy atom. The number of esters is 1. The number of rotatable bonds is 3. The fourth-order valence-corrected chi connectivity index (χ4v) is 3.38. The Morgan fingerprint density at radius 1 is 1.23 bits per heavy atom. The van der Waals surface area contributed by atoms with Crippen LogP contribution < -0.4 is 0 Å². The highest BCUT2D eigenvalue weighted by Crippen LogP contribution is 2.37. The van der Waals surface area contributed by atoms with E-state index in [9.17, 15) is 9.59 Å². The Kier molecular flexibility index (Phi) is 6.80. The minimum atomic E-state index is -0.586. The summed E-state index contributed by atoms with van der Waals surface area (Å²) in [5, 5.41) is 0.913. The Balaban J connectivity index is 2.23. The fourth-order valence-electron chi connectivity index (χ4n) is 3.07. The summed E-state index contributed by atoms with van der Waals surface area (Å²) in [6.45, 7) is 8.24. The highest BCUT2D eigenvalue weighted by Gasteiger charge is 2.39. The van der Waals surface area contributed by atoms with Crippen molar-refractivity contribution in [1.82, 2.24) is 4.90 Å². The van der Waals surface area contributed by atoms with Crippen LogP contribution in [0.4, 0.5) is 4.79 Å². The van der Waals surface area contributed by atoms with Crippen molar-refractivity contribution in [3.63, 3.8) is 0 Å². The molecule has 0 spiro atoms. The number of hydrogen-bond acceptors (Lipinski definition) is 4. The van der Waals surface area contributed by atoms with Crippen LogP contribution in [0.3, 0.4) is 0 Å². The molecule has 2 atom stereocenters. The molecule has 1 aliphatic heterocycles. The zero-order chi connectivity index (χ0) is 19.5. The number of likely N-dealkylation sites (tertiary alicyclic amines) is 1. The molecule has 1 aliphatic rings. The Labute approximate surface area is 164 Å². The molecule has 2 unspecified atom stereocenters. The maximum Gasteiger partial charge on any atom is 0.410 e. The van der Waals surface area contributed by atoms with Crippen molar-refractivity contribution in [1.29, 1.82) is 0 Å². The van der Waals surface area contributed by atoms with E-state index in [-0.39, 0.29) is 25.0 Å². The summed E-state index contributed by atoms with van der Waals surface area (Å²) in [7, 11) is 0. The van der Waals surface area contributed by atoms with Crippen molar-refractivity contribution in [2.45, 2.75) is 45.6 Å². The molecule has 26 heavy (non-hydrogen) atoms. The summed E-state index contributed by atoms with van der Waals surface area (Å²) in [4.78, 5) is 26.5. The molecule has 5 nitrogen and oxygen atoms in total. The number of benzene rings is 1. The summed E-state index contributed by atoms with van der Waals surface area (Å²) in [6.07, 6.45) is 0.195. The molecule has 1 saturated heterocycles. The van der Waals surface area contributed by atoms with E-state index < -0.39 is 17.6 Å². The average molecular weight is 402 g/mol. The number of ether oxygens (including phenoxy) is 2.